The van der Waals surface area contributed by atoms with Gasteiger partial charge in [-0.05, 0) is 0 Å². The Bertz CT molecular complexity index is 156. The second kappa shape index (κ2) is 6.92. The van der Waals surface area contributed by atoms with Crippen molar-refractivity contribution in [3.63, 3.8) is 0 Å². The Kier molecular flexibility index (Phi) is 8.52. The number of rotatable bonds is 0. The zero-order chi connectivity index (χ0) is 11.2. The average molecular weight is 286 g/mol. The van der Waals surface area contributed by atoms with E-state index in [0.717, 1.165) is 0 Å². The largest absolute Gasteiger partial charge is 0.450 e. The molecule has 0 aromatic rings. The molecule has 0 radical (unpaired) electrons. The topological polar surface area (TPSA) is 0 Å². The number of hydrogen-bond donors (Lipinski definition) is 0. The molecule has 0 nitrogen and oxygen atoms in total. The van der Waals surface area contributed by atoms with E-state index in [1.54, 1.807) is 0 Å². The first-order valence-electron chi connectivity index (χ1n) is 2.30. The van der Waals surface area contributed by atoms with Gasteiger partial charge in [-0.25, -0.2) is 8.78 Å². The maximum Gasteiger partial charge on any atom is 0.450 e. The highest BCUT2D eigenvalue weighted by Gasteiger charge is 2.40. The Morgan fingerprint density at radius 3 is 1.00 bits per heavy atom. The Morgan fingerprint density at radius 1 is 0.846 bits per heavy atom. The molecule has 0 amide bonds. The lowest BCUT2D eigenvalue weighted by atomic mass is 10.7. The Morgan fingerprint density at radius 2 is 1.00 bits per heavy atom. The average Bonchev–Trinajstić information content (AvgIpc) is 1.86. The van der Waals surface area contributed by atoms with Gasteiger partial charge >= 0.3 is 12.6 Å². The van der Waals surface area contributed by atoms with Gasteiger partial charge in [0.1, 0.15) is 8.98 Å². The molecule has 0 atom stereocenters. The minimum absolute atomic E-state index is 0.0988. The van der Waals surface area contributed by atoms with Crippen LogP contribution in [0.5, 0.6) is 0 Å². The van der Waals surface area contributed by atoms with E-state index in [0.29, 0.717) is 0 Å². The molecule has 13 heavy (non-hydrogen) atoms. The van der Waals surface area contributed by atoms with E-state index in [4.69, 9.17) is 46.4 Å². The van der Waals surface area contributed by atoms with Crippen molar-refractivity contribution in [1.82, 2.24) is 0 Å². The van der Waals surface area contributed by atoms with Crippen molar-refractivity contribution in [2.24, 2.45) is 0 Å². The number of alkyl halides is 5. The Balaban J connectivity index is 0. The summed E-state index contributed by atoms with van der Waals surface area (Å²) in [4.78, 5) is 0. The van der Waals surface area contributed by atoms with E-state index in [2.05, 4.69) is 0 Å². The van der Waals surface area contributed by atoms with E-state index in [1.807, 2.05) is 0 Å². The molecule has 0 aliphatic rings. The van der Waals surface area contributed by atoms with E-state index < -0.39 is 12.6 Å². The standard InChI is InChI=1S/C2Cl4.C2HF5/c3-1(4)2(5)6;3-1(4)2(5,6)7/h;1H. The number of halogens is 9. The monoisotopic (exact) mass is 284 g/mol. The third kappa shape index (κ3) is 12.5. The molecule has 0 fully saturated rings. The molecule has 80 valence electrons. The van der Waals surface area contributed by atoms with Crippen molar-refractivity contribution in [3.8, 4) is 0 Å². The summed E-state index contributed by atoms with van der Waals surface area (Å²) in [5.41, 5.74) is 0. The van der Waals surface area contributed by atoms with Crippen molar-refractivity contribution in [3.05, 3.63) is 8.98 Å². The maximum absolute atomic E-state index is 10.4. The van der Waals surface area contributed by atoms with Gasteiger partial charge in [0.15, 0.2) is 0 Å². The van der Waals surface area contributed by atoms with Crippen molar-refractivity contribution < 1.29 is 22.0 Å². The van der Waals surface area contributed by atoms with Gasteiger partial charge in [-0.15, -0.1) is 0 Å². The van der Waals surface area contributed by atoms with Crippen LogP contribution < -0.4 is 0 Å². The van der Waals surface area contributed by atoms with E-state index >= 15 is 0 Å². The summed E-state index contributed by atoms with van der Waals surface area (Å²) >= 11 is 20.0. The maximum atomic E-state index is 10.4. The quantitative estimate of drug-likeness (QED) is 0.556. The van der Waals surface area contributed by atoms with E-state index in [-0.39, 0.29) is 8.98 Å². The van der Waals surface area contributed by atoms with Crippen LogP contribution in [0.25, 0.3) is 0 Å². The Labute approximate surface area is 90.2 Å². The molecule has 0 aromatic heterocycles. The highest BCUT2D eigenvalue weighted by atomic mass is 35.5. The van der Waals surface area contributed by atoms with Crippen molar-refractivity contribution >= 4 is 46.4 Å². The second-order valence-corrected chi connectivity index (χ2v) is 3.26. The second-order valence-electron chi connectivity index (χ2n) is 1.36. The summed E-state index contributed by atoms with van der Waals surface area (Å²) in [5, 5.41) is 0. The molecule has 0 saturated carbocycles. The SMILES string of the molecule is ClC(Cl)=C(Cl)Cl.FC(F)C(F)(F)F. The fraction of sp³-hybridized carbons (Fsp3) is 0.500. The van der Waals surface area contributed by atoms with Gasteiger partial charge < -0.3 is 0 Å². The first kappa shape index (κ1) is 16.0. The molecule has 0 saturated heterocycles. The van der Waals surface area contributed by atoms with Crippen LogP contribution >= 0.6 is 46.4 Å². The van der Waals surface area contributed by atoms with Gasteiger partial charge in [0.05, 0.1) is 0 Å². The lowest BCUT2D eigenvalue weighted by molar-refractivity contribution is -0.219. The zero-order valence-corrected chi connectivity index (χ0v) is 8.50. The highest BCUT2D eigenvalue weighted by molar-refractivity contribution is 6.67. The predicted octanol–water partition coefficient (Wildman–Crippen LogP) is 4.88. The summed E-state index contributed by atoms with van der Waals surface area (Å²) in [7, 11) is 0. The summed E-state index contributed by atoms with van der Waals surface area (Å²) in [6.45, 7) is 0. The third-order valence-electron chi connectivity index (χ3n) is 0.390. The summed E-state index contributed by atoms with van der Waals surface area (Å²) in [5.74, 6) is 0. The number of hydrogen-bond acceptors (Lipinski definition) is 0. The fourth-order valence-corrected chi connectivity index (χ4v) is 0. The van der Waals surface area contributed by atoms with Gasteiger partial charge in [-0.1, -0.05) is 46.4 Å². The van der Waals surface area contributed by atoms with Gasteiger partial charge in [-0.2, -0.15) is 13.2 Å². The lowest BCUT2D eigenvalue weighted by Gasteiger charge is -2.00. The van der Waals surface area contributed by atoms with Crippen molar-refractivity contribution in [2.45, 2.75) is 12.6 Å². The van der Waals surface area contributed by atoms with Gasteiger partial charge in [-0.3, -0.25) is 0 Å². The van der Waals surface area contributed by atoms with Crippen LogP contribution in [-0.4, -0.2) is 12.6 Å². The van der Waals surface area contributed by atoms with Gasteiger partial charge in [0.2, 0.25) is 0 Å². The predicted molar refractivity (Wildman–Crippen MR) is 42.5 cm³/mol. The third-order valence-corrected chi connectivity index (χ3v) is 1.53. The van der Waals surface area contributed by atoms with Crippen LogP contribution in [0.2, 0.25) is 0 Å². The van der Waals surface area contributed by atoms with Crippen molar-refractivity contribution in [1.29, 1.82) is 0 Å². The minimum atomic E-state index is -5.33. The van der Waals surface area contributed by atoms with E-state index in [9.17, 15) is 22.0 Å². The molecule has 0 bridgehead atoms. The van der Waals surface area contributed by atoms with Gasteiger partial charge in [0, 0.05) is 0 Å². The van der Waals surface area contributed by atoms with Crippen LogP contribution in [0.15, 0.2) is 8.98 Å². The molecule has 0 aliphatic carbocycles. The molecular formula is C4HCl4F5. The Hall–Kier alpha value is 0.550. The summed E-state index contributed by atoms with van der Waals surface area (Å²) in [6.07, 6.45) is -9.53. The van der Waals surface area contributed by atoms with Crippen LogP contribution in [0.1, 0.15) is 0 Å². The molecule has 0 aliphatic heterocycles. The van der Waals surface area contributed by atoms with Gasteiger partial charge in [0.25, 0.3) is 0 Å². The summed E-state index contributed by atoms with van der Waals surface area (Å²) < 4.78 is 51.9. The lowest BCUT2D eigenvalue weighted by Crippen LogP contribution is -2.18. The first-order chi connectivity index (χ1) is 5.59. The molecule has 0 aromatic carbocycles. The molecule has 0 N–H and O–H groups in total. The fourth-order valence-electron chi connectivity index (χ4n) is 0. The van der Waals surface area contributed by atoms with Crippen LogP contribution in [0, 0.1) is 0 Å². The molecular weight excluding hydrogens is 285 g/mol. The van der Waals surface area contributed by atoms with Crippen LogP contribution in [0.3, 0.4) is 0 Å². The van der Waals surface area contributed by atoms with Crippen LogP contribution in [-0.2, 0) is 0 Å². The normalized spacial score (nSPS) is 10.6. The molecule has 9 heteroatoms. The minimum Gasteiger partial charge on any atom is -0.200 e. The zero-order valence-electron chi connectivity index (χ0n) is 5.48. The van der Waals surface area contributed by atoms with Crippen LogP contribution in [0.4, 0.5) is 22.0 Å². The highest BCUT2D eigenvalue weighted by Crippen LogP contribution is 2.23. The molecule has 0 spiro atoms. The van der Waals surface area contributed by atoms with Crippen molar-refractivity contribution in [2.75, 3.05) is 0 Å². The first-order valence-corrected chi connectivity index (χ1v) is 3.81. The molecule has 0 heterocycles. The molecule has 0 unspecified atom stereocenters. The smallest absolute Gasteiger partial charge is 0.200 e. The van der Waals surface area contributed by atoms with E-state index in [1.165, 1.54) is 0 Å². The molecule has 0 rings (SSSR count). The summed E-state index contributed by atoms with van der Waals surface area (Å²) in [6, 6.07) is 0.